The Morgan fingerprint density at radius 3 is 1.73 bits per heavy atom. The van der Waals surface area contributed by atoms with Crippen molar-refractivity contribution in [2.45, 2.75) is 38.1 Å². The van der Waals surface area contributed by atoms with Crippen LogP contribution >= 0.6 is 0 Å². The van der Waals surface area contributed by atoms with Gasteiger partial charge in [-0.15, -0.1) is 0 Å². The molecule has 3 N–H and O–H groups in total. The van der Waals surface area contributed by atoms with Crippen molar-refractivity contribution in [1.29, 1.82) is 0 Å². The van der Waals surface area contributed by atoms with E-state index in [1.54, 1.807) is 38.1 Å². The molecule has 0 fully saturated rings. The molecule has 3 aromatic rings. The molecule has 0 radical (unpaired) electrons. The molecule has 0 aromatic heterocycles. The summed E-state index contributed by atoms with van der Waals surface area (Å²) in [6, 6.07) is 15.4. The lowest BCUT2D eigenvalue weighted by Gasteiger charge is -2.24. The van der Waals surface area contributed by atoms with Gasteiger partial charge in [0, 0.05) is 0 Å². The molecule has 12 heteroatoms. The number of hydrazone groups is 2. The molecule has 2 aliphatic heterocycles. The van der Waals surface area contributed by atoms with E-state index in [1.807, 2.05) is 48.6 Å². The predicted octanol–water partition coefficient (Wildman–Crippen LogP) is 4.65. The van der Waals surface area contributed by atoms with Crippen LogP contribution in [0.1, 0.15) is 57.9 Å². The number of carbonyl (C=O) groups is 2. The largest absolute Gasteiger partial charge is 0.871 e. The fraction of sp³-hybridized carbons (Fsp3) is 0.167. The summed E-state index contributed by atoms with van der Waals surface area (Å²) in [5.74, 6) is -1.38. The first-order chi connectivity index (χ1) is 23.2. The number of benzene rings is 3. The van der Waals surface area contributed by atoms with Crippen molar-refractivity contribution in [3.05, 3.63) is 132 Å². The Morgan fingerprint density at radius 1 is 0.729 bits per heavy atom. The lowest BCUT2D eigenvalue weighted by Crippen LogP contribution is -2.37. The highest BCUT2D eigenvalue weighted by Crippen LogP contribution is 2.34. The van der Waals surface area contributed by atoms with Crippen LogP contribution in [0.3, 0.4) is 0 Å². The molecule has 7 rings (SSSR count). The zero-order valence-electron chi connectivity index (χ0n) is 26.0. The number of hydrazine groups is 2. The van der Waals surface area contributed by atoms with Crippen molar-refractivity contribution in [3.63, 3.8) is 0 Å². The fourth-order valence-corrected chi connectivity index (χ4v) is 5.52. The number of hydrogen-bond donors (Lipinski definition) is 3. The van der Waals surface area contributed by atoms with E-state index in [-0.39, 0.29) is 34.7 Å². The van der Waals surface area contributed by atoms with E-state index < -0.39 is 24.1 Å². The summed E-state index contributed by atoms with van der Waals surface area (Å²) in [6.45, 7) is 3.44. The average molecular weight is 644 g/mol. The summed E-state index contributed by atoms with van der Waals surface area (Å²) < 4.78 is 11.4. The topological polar surface area (TPSA) is 151 Å². The molecule has 4 atom stereocenters. The molecule has 4 unspecified atom stereocenters. The number of hydrogen-bond acceptors (Lipinski definition) is 12. The molecule has 0 amide bonds. The Bertz CT molecular complexity index is 1820. The Balaban J connectivity index is 0.973. The zero-order valence-corrected chi connectivity index (χ0v) is 26.0. The van der Waals surface area contributed by atoms with E-state index in [2.05, 4.69) is 21.1 Å². The van der Waals surface area contributed by atoms with Gasteiger partial charge in [0.1, 0.15) is 23.6 Å². The first-order valence-electron chi connectivity index (χ1n) is 15.4. The number of phenolic OH excluding ortho intramolecular Hbond substituents is 1. The van der Waals surface area contributed by atoms with Gasteiger partial charge in [-0.3, -0.25) is 0 Å². The van der Waals surface area contributed by atoms with Crippen LogP contribution in [0.2, 0.25) is 0 Å². The van der Waals surface area contributed by atoms with E-state index in [1.165, 1.54) is 46.6 Å². The molecular formula is C36H31N6O6-. The standard InChI is InChI=1S/C36H32N6O6/c1-21(25-15-17-33(43)31(19-25)41-37-27-7-3-4-8-28(27)38-41)47-35(45)23-11-13-24(14-12-23)36(46)48-22(2)26-16-18-34(44)32(20-26)42-39-29-9-5-6-10-30(29)40-42/h3-22,27,29,37,39,43-44H,1-2H3/p-1. The fourth-order valence-electron chi connectivity index (χ4n) is 5.52. The third kappa shape index (κ3) is 6.09. The lowest BCUT2D eigenvalue weighted by molar-refractivity contribution is -0.267. The third-order valence-electron chi connectivity index (χ3n) is 8.26. The summed E-state index contributed by atoms with van der Waals surface area (Å²) in [5.41, 5.74) is 10.5. The highest BCUT2D eigenvalue weighted by Gasteiger charge is 2.28. The monoisotopic (exact) mass is 643 g/mol. The number of nitrogens with zero attached hydrogens (tertiary/aromatic N) is 4. The van der Waals surface area contributed by atoms with Gasteiger partial charge in [-0.2, -0.15) is 31.3 Å². The molecule has 2 aliphatic carbocycles. The normalized spacial score (nSPS) is 20.1. The first kappa shape index (κ1) is 30.7. The Labute approximate surface area is 276 Å². The maximum atomic E-state index is 13.0. The summed E-state index contributed by atoms with van der Waals surface area (Å²) in [5, 5.41) is 35.1. The molecule has 4 aliphatic rings. The van der Waals surface area contributed by atoms with Crippen molar-refractivity contribution in [1.82, 2.24) is 10.9 Å². The smallest absolute Gasteiger partial charge is 0.338 e. The van der Waals surface area contributed by atoms with Crippen molar-refractivity contribution >= 4 is 34.7 Å². The van der Waals surface area contributed by atoms with Crippen LogP contribution in [-0.4, -0.2) is 40.6 Å². The number of rotatable bonds is 8. The van der Waals surface area contributed by atoms with Gasteiger partial charge in [0.15, 0.2) is 0 Å². The van der Waals surface area contributed by atoms with E-state index in [0.717, 1.165) is 11.4 Å². The van der Waals surface area contributed by atoms with E-state index >= 15 is 0 Å². The Kier molecular flexibility index (Phi) is 8.09. The second kappa shape index (κ2) is 12.7. The summed E-state index contributed by atoms with van der Waals surface area (Å²) in [4.78, 5) is 26.0. The number of allylic oxidation sites excluding steroid dienone is 4. The molecule has 0 saturated carbocycles. The molecule has 48 heavy (non-hydrogen) atoms. The number of carbonyl (C=O) groups excluding carboxylic acids is 2. The van der Waals surface area contributed by atoms with Crippen LogP contribution in [0, 0.1) is 0 Å². The van der Waals surface area contributed by atoms with E-state index in [4.69, 9.17) is 9.47 Å². The Hall–Kier alpha value is -5.98. The van der Waals surface area contributed by atoms with Crippen LogP contribution in [-0.2, 0) is 9.47 Å². The molecule has 0 spiro atoms. The Morgan fingerprint density at radius 2 is 1.21 bits per heavy atom. The van der Waals surface area contributed by atoms with Gasteiger partial charge in [-0.1, -0.05) is 60.4 Å². The second-order valence-corrected chi connectivity index (χ2v) is 11.5. The summed E-state index contributed by atoms with van der Waals surface area (Å²) in [6.07, 6.45) is 13.9. The molecular weight excluding hydrogens is 612 g/mol. The van der Waals surface area contributed by atoms with Gasteiger partial charge in [0.05, 0.1) is 40.3 Å². The van der Waals surface area contributed by atoms with E-state index in [9.17, 15) is 19.8 Å². The number of nitrogens with one attached hydrogen (secondary N) is 2. The zero-order chi connectivity index (χ0) is 33.4. The van der Waals surface area contributed by atoms with Crippen LogP contribution in [0.15, 0.2) is 119 Å². The van der Waals surface area contributed by atoms with E-state index in [0.29, 0.717) is 22.5 Å². The number of phenols is 1. The first-order valence-corrected chi connectivity index (χ1v) is 15.4. The molecule has 2 heterocycles. The van der Waals surface area contributed by atoms with Crippen molar-refractivity contribution in [3.8, 4) is 11.5 Å². The lowest BCUT2D eigenvalue weighted by atomic mass is 10.1. The van der Waals surface area contributed by atoms with Gasteiger partial charge in [-0.25, -0.2) is 9.59 Å². The van der Waals surface area contributed by atoms with Crippen LogP contribution < -0.4 is 26.2 Å². The van der Waals surface area contributed by atoms with Crippen LogP contribution in [0.5, 0.6) is 11.5 Å². The molecule has 3 aromatic carbocycles. The van der Waals surface area contributed by atoms with Gasteiger partial charge < -0.3 is 19.7 Å². The van der Waals surface area contributed by atoms with Crippen molar-refractivity contribution < 1.29 is 29.3 Å². The van der Waals surface area contributed by atoms with Gasteiger partial charge in [0.25, 0.3) is 0 Å². The van der Waals surface area contributed by atoms with Crippen molar-refractivity contribution in [2.24, 2.45) is 10.2 Å². The van der Waals surface area contributed by atoms with Gasteiger partial charge >= 0.3 is 11.9 Å². The SMILES string of the molecule is CC(OC(=O)c1ccc(C(=O)OC(C)c2ccc(O)c(N3N=C4C=CC=CC4N3)c2)cc1)c1ccc([O-])c(N2N=C3C=CC=CC3N2)c1. The molecule has 0 saturated heterocycles. The average Bonchev–Trinajstić information content (AvgIpc) is 3.73. The number of aromatic hydroxyl groups is 1. The van der Waals surface area contributed by atoms with Crippen LogP contribution in [0.25, 0.3) is 0 Å². The molecule has 0 bridgehead atoms. The van der Waals surface area contributed by atoms with Crippen molar-refractivity contribution in [2.75, 3.05) is 10.2 Å². The number of esters is 2. The minimum Gasteiger partial charge on any atom is -0.871 e. The van der Waals surface area contributed by atoms with Gasteiger partial charge in [0.2, 0.25) is 0 Å². The maximum Gasteiger partial charge on any atom is 0.338 e. The minimum atomic E-state index is -0.672. The number of fused-ring (bicyclic) bond motifs is 2. The van der Waals surface area contributed by atoms with Gasteiger partial charge in [-0.05, 0) is 79.6 Å². The van der Waals surface area contributed by atoms with Crippen LogP contribution in [0.4, 0.5) is 11.4 Å². The maximum absolute atomic E-state index is 13.0. The molecule has 12 nitrogen and oxygen atoms in total. The summed E-state index contributed by atoms with van der Waals surface area (Å²) >= 11 is 0. The highest BCUT2D eigenvalue weighted by atomic mass is 16.5. The third-order valence-corrected chi connectivity index (χ3v) is 8.26. The number of anilines is 2. The predicted molar refractivity (Wildman–Crippen MR) is 178 cm³/mol. The molecule has 242 valence electrons. The number of ether oxygens (including phenoxy) is 2. The minimum absolute atomic E-state index is 0.0198. The summed E-state index contributed by atoms with van der Waals surface area (Å²) in [7, 11) is 0. The highest BCUT2D eigenvalue weighted by molar-refractivity contribution is 6.04. The quantitative estimate of drug-likeness (QED) is 0.296. The second-order valence-electron chi connectivity index (χ2n) is 11.5.